The Morgan fingerprint density at radius 1 is 1.31 bits per heavy atom. The highest BCUT2D eigenvalue weighted by atomic mass is 15.0. The van der Waals surface area contributed by atoms with E-state index in [0.29, 0.717) is 5.69 Å². The molecular weight excluding hydrogens is 322 g/mol. The van der Waals surface area contributed by atoms with Gasteiger partial charge in [-0.3, -0.25) is 0 Å². The van der Waals surface area contributed by atoms with Gasteiger partial charge in [0.05, 0.1) is 11.4 Å². The fourth-order valence-corrected chi connectivity index (χ4v) is 3.80. The maximum atomic E-state index is 7.35. The second-order valence-corrected chi connectivity index (χ2v) is 7.18. The second kappa shape index (κ2) is 7.36. The fourth-order valence-electron chi connectivity index (χ4n) is 3.80. The van der Waals surface area contributed by atoms with Crippen molar-refractivity contribution < 1.29 is 0 Å². The van der Waals surface area contributed by atoms with Crippen LogP contribution in [0.2, 0.25) is 0 Å². The van der Waals surface area contributed by atoms with Gasteiger partial charge in [-0.2, -0.15) is 5.11 Å². The van der Waals surface area contributed by atoms with Crippen LogP contribution in [-0.2, 0) is 12.8 Å². The second-order valence-electron chi connectivity index (χ2n) is 7.18. The molecule has 0 atom stereocenters. The SMILES string of the molecule is CCNc1cc(C2=CCCc3nc(CC4CCC4)ncc32)ccc1N=N. The fraction of sp³-hybridized carbons (Fsp3) is 0.429. The zero-order valence-corrected chi connectivity index (χ0v) is 15.3. The molecule has 5 nitrogen and oxygen atoms in total. The van der Waals surface area contributed by atoms with Crippen LogP contribution in [0.4, 0.5) is 11.4 Å². The summed E-state index contributed by atoms with van der Waals surface area (Å²) >= 11 is 0. The molecule has 1 heterocycles. The van der Waals surface area contributed by atoms with E-state index in [9.17, 15) is 0 Å². The van der Waals surface area contributed by atoms with Crippen molar-refractivity contribution >= 4 is 16.9 Å². The van der Waals surface area contributed by atoms with Crippen molar-refractivity contribution in [1.82, 2.24) is 9.97 Å². The van der Waals surface area contributed by atoms with E-state index >= 15 is 0 Å². The first-order valence-electron chi connectivity index (χ1n) is 9.59. The van der Waals surface area contributed by atoms with Crippen LogP contribution >= 0.6 is 0 Å². The Labute approximate surface area is 154 Å². The van der Waals surface area contributed by atoms with Gasteiger partial charge in [-0.1, -0.05) is 31.4 Å². The average Bonchev–Trinajstić information content (AvgIpc) is 2.64. The number of hydrogen-bond donors (Lipinski definition) is 2. The maximum Gasteiger partial charge on any atom is 0.128 e. The predicted octanol–water partition coefficient (Wildman–Crippen LogP) is 5.29. The third kappa shape index (κ3) is 3.26. The Bertz CT molecular complexity index is 851. The summed E-state index contributed by atoms with van der Waals surface area (Å²) in [6.45, 7) is 2.85. The topological polar surface area (TPSA) is 74.0 Å². The number of allylic oxidation sites excluding steroid dienone is 1. The normalized spacial score (nSPS) is 16.4. The van der Waals surface area contributed by atoms with Crippen LogP contribution < -0.4 is 5.32 Å². The molecule has 26 heavy (non-hydrogen) atoms. The number of benzene rings is 1. The minimum atomic E-state index is 0.666. The van der Waals surface area contributed by atoms with Gasteiger partial charge >= 0.3 is 0 Å². The van der Waals surface area contributed by atoms with Crippen molar-refractivity contribution in [2.75, 3.05) is 11.9 Å². The molecule has 0 amide bonds. The number of aromatic nitrogens is 2. The first kappa shape index (κ1) is 16.9. The van der Waals surface area contributed by atoms with Crippen LogP contribution in [0.1, 0.15) is 55.3 Å². The van der Waals surface area contributed by atoms with E-state index in [4.69, 9.17) is 10.5 Å². The standard InChI is InChI=1S/C21H25N5/c1-2-23-20-12-15(9-10-19(20)26-22)16-7-4-8-18-17(16)13-24-21(25-18)11-14-5-3-6-14/h7,9-10,12-14,22-23H,2-6,8,11H2,1H3. The number of anilines is 1. The van der Waals surface area contributed by atoms with Crippen molar-refractivity contribution in [3.05, 3.63) is 53.1 Å². The molecule has 1 saturated carbocycles. The van der Waals surface area contributed by atoms with Crippen LogP contribution in [0.3, 0.4) is 0 Å². The van der Waals surface area contributed by atoms with Gasteiger partial charge in [-0.05, 0) is 49.0 Å². The Morgan fingerprint density at radius 3 is 2.92 bits per heavy atom. The van der Waals surface area contributed by atoms with Crippen molar-refractivity contribution in [1.29, 1.82) is 5.53 Å². The van der Waals surface area contributed by atoms with Crippen LogP contribution in [0.25, 0.3) is 5.57 Å². The lowest BCUT2D eigenvalue weighted by Crippen LogP contribution is -2.17. The highest BCUT2D eigenvalue weighted by Gasteiger charge is 2.21. The lowest BCUT2D eigenvalue weighted by atomic mass is 9.82. The molecule has 1 aromatic heterocycles. The molecule has 0 radical (unpaired) electrons. The van der Waals surface area contributed by atoms with Gasteiger partial charge in [0.1, 0.15) is 11.5 Å². The predicted molar refractivity (Wildman–Crippen MR) is 104 cm³/mol. The quantitative estimate of drug-likeness (QED) is 0.697. The first-order chi connectivity index (χ1) is 12.8. The van der Waals surface area contributed by atoms with Crippen molar-refractivity contribution in [3.8, 4) is 0 Å². The van der Waals surface area contributed by atoms with Crippen molar-refractivity contribution in [2.45, 2.75) is 45.4 Å². The summed E-state index contributed by atoms with van der Waals surface area (Å²) in [4.78, 5) is 9.55. The van der Waals surface area contributed by atoms with Gasteiger partial charge in [0.15, 0.2) is 0 Å². The molecule has 0 bridgehead atoms. The molecule has 2 N–H and O–H groups in total. The zero-order valence-electron chi connectivity index (χ0n) is 15.3. The van der Waals surface area contributed by atoms with Gasteiger partial charge in [-0.15, -0.1) is 0 Å². The summed E-state index contributed by atoms with van der Waals surface area (Å²) in [6, 6.07) is 6.03. The van der Waals surface area contributed by atoms with Gasteiger partial charge in [0.2, 0.25) is 0 Å². The van der Waals surface area contributed by atoms with Crippen molar-refractivity contribution in [3.63, 3.8) is 0 Å². The van der Waals surface area contributed by atoms with E-state index in [-0.39, 0.29) is 0 Å². The van der Waals surface area contributed by atoms with Gasteiger partial charge < -0.3 is 5.32 Å². The number of fused-ring (bicyclic) bond motifs is 1. The average molecular weight is 347 g/mol. The Hall–Kier alpha value is -2.56. The van der Waals surface area contributed by atoms with Crippen molar-refractivity contribution in [2.24, 2.45) is 11.0 Å². The number of rotatable bonds is 6. The third-order valence-electron chi connectivity index (χ3n) is 5.43. The molecule has 0 spiro atoms. The molecule has 2 aliphatic rings. The Balaban J connectivity index is 1.65. The molecule has 0 unspecified atom stereocenters. The molecule has 0 aliphatic heterocycles. The molecule has 2 aromatic rings. The molecule has 4 rings (SSSR count). The van der Waals surface area contributed by atoms with E-state index in [1.807, 2.05) is 25.3 Å². The van der Waals surface area contributed by atoms with Gasteiger partial charge in [0, 0.05) is 24.7 Å². The molecule has 2 aliphatic carbocycles. The lowest BCUT2D eigenvalue weighted by Gasteiger charge is -2.25. The monoisotopic (exact) mass is 347 g/mol. The van der Waals surface area contributed by atoms with Gasteiger partial charge in [-0.25, -0.2) is 15.5 Å². The smallest absolute Gasteiger partial charge is 0.128 e. The number of aryl methyl sites for hydroxylation is 1. The van der Waals surface area contributed by atoms with E-state index in [2.05, 4.69) is 27.6 Å². The number of nitrogens with one attached hydrogen (secondary N) is 2. The first-order valence-corrected chi connectivity index (χ1v) is 9.59. The largest absolute Gasteiger partial charge is 0.384 e. The summed E-state index contributed by atoms with van der Waals surface area (Å²) in [5, 5.41) is 6.92. The molecule has 5 heteroatoms. The molecule has 1 fully saturated rings. The minimum Gasteiger partial charge on any atom is -0.384 e. The summed E-state index contributed by atoms with van der Waals surface area (Å²) in [5.74, 6) is 1.79. The van der Waals surface area contributed by atoms with E-state index in [1.54, 1.807) is 0 Å². The van der Waals surface area contributed by atoms with Gasteiger partial charge in [0.25, 0.3) is 0 Å². The Morgan fingerprint density at radius 2 is 2.19 bits per heavy atom. The number of hydrogen-bond acceptors (Lipinski definition) is 5. The highest BCUT2D eigenvalue weighted by Crippen LogP contribution is 2.35. The van der Waals surface area contributed by atoms with Crippen LogP contribution in [0.15, 0.2) is 35.6 Å². The maximum absolute atomic E-state index is 7.35. The van der Waals surface area contributed by atoms with Crippen LogP contribution in [0, 0.1) is 11.4 Å². The van der Waals surface area contributed by atoms with Crippen LogP contribution in [-0.4, -0.2) is 16.5 Å². The highest BCUT2D eigenvalue weighted by molar-refractivity contribution is 5.84. The Kier molecular flexibility index (Phi) is 4.78. The summed E-state index contributed by atoms with van der Waals surface area (Å²) in [6.07, 6.45) is 11.3. The zero-order chi connectivity index (χ0) is 17.9. The third-order valence-corrected chi connectivity index (χ3v) is 5.43. The molecule has 134 valence electrons. The van der Waals surface area contributed by atoms with E-state index < -0.39 is 0 Å². The van der Waals surface area contributed by atoms with Crippen LogP contribution in [0.5, 0.6) is 0 Å². The summed E-state index contributed by atoms with van der Waals surface area (Å²) in [5.41, 5.74) is 13.5. The molecule has 1 aromatic carbocycles. The minimum absolute atomic E-state index is 0.666. The number of nitrogens with zero attached hydrogens (tertiary/aromatic N) is 3. The summed E-state index contributed by atoms with van der Waals surface area (Å²) < 4.78 is 0. The van der Waals surface area contributed by atoms with E-state index in [1.165, 1.54) is 30.5 Å². The summed E-state index contributed by atoms with van der Waals surface area (Å²) in [7, 11) is 0. The molecular formula is C21H25N5. The lowest BCUT2D eigenvalue weighted by molar-refractivity contribution is 0.309. The van der Waals surface area contributed by atoms with E-state index in [0.717, 1.165) is 54.4 Å². The molecule has 0 saturated heterocycles.